The predicted molar refractivity (Wildman–Crippen MR) is 96.1 cm³/mol. The van der Waals surface area contributed by atoms with E-state index in [9.17, 15) is 14.7 Å². The average Bonchev–Trinajstić information content (AvgIpc) is 2.87. The fraction of sp³-hybridized carbons (Fsp3) is 0.450. The number of benzene rings is 1. The monoisotopic (exact) mass is 356 g/mol. The van der Waals surface area contributed by atoms with Crippen LogP contribution in [0.25, 0.3) is 0 Å². The maximum absolute atomic E-state index is 12.5. The lowest BCUT2D eigenvalue weighted by Gasteiger charge is -2.13. The van der Waals surface area contributed by atoms with E-state index in [1.807, 2.05) is 31.2 Å². The van der Waals surface area contributed by atoms with Gasteiger partial charge >= 0.3 is 5.97 Å². The lowest BCUT2D eigenvalue weighted by atomic mass is 9.98. The fourth-order valence-electron chi connectivity index (χ4n) is 3.41. The number of nitrogens with one attached hydrogen (secondary N) is 1. The van der Waals surface area contributed by atoms with Crippen molar-refractivity contribution in [1.29, 1.82) is 0 Å². The topological polar surface area (TPSA) is 92.4 Å². The second-order valence-electron chi connectivity index (χ2n) is 6.93. The number of fused-ring (bicyclic) bond motifs is 1. The average molecular weight is 356 g/mol. The minimum absolute atomic E-state index is 0.0593. The molecule has 1 atom stereocenters. The van der Waals surface area contributed by atoms with Crippen molar-refractivity contribution in [2.75, 3.05) is 6.54 Å². The van der Waals surface area contributed by atoms with Crippen molar-refractivity contribution in [1.82, 2.24) is 10.5 Å². The van der Waals surface area contributed by atoms with Crippen molar-refractivity contribution >= 4 is 11.9 Å². The maximum atomic E-state index is 12.5. The highest BCUT2D eigenvalue weighted by Crippen LogP contribution is 2.23. The molecule has 1 aromatic heterocycles. The van der Waals surface area contributed by atoms with E-state index in [1.165, 1.54) is 0 Å². The smallest absolute Gasteiger partial charge is 0.308 e. The Morgan fingerprint density at radius 1 is 1.27 bits per heavy atom. The van der Waals surface area contributed by atoms with Gasteiger partial charge in [0.15, 0.2) is 5.69 Å². The van der Waals surface area contributed by atoms with Gasteiger partial charge in [-0.1, -0.05) is 41.4 Å². The van der Waals surface area contributed by atoms with Crippen molar-refractivity contribution in [2.24, 2.45) is 5.92 Å². The van der Waals surface area contributed by atoms with E-state index in [2.05, 4.69) is 10.5 Å². The summed E-state index contributed by atoms with van der Waals surface area (Å²) in [7, 11) is 0. The van der Waals surface area contributed by atoms with Gasteiger partial charge < -0.3 is 14.9 Å². The molecule has 26 heavy (non-hydrogen) atoms. The third-order valence-corrected chi connectivity index (χ3v) is 4.84. The minimum atomic E-state index is -0.925. The second kappa shape index (κ2) is 8.17. The molecule has 1 aromatic carbocycles. The molecule has 0 fully saturated rings. The van der Waals surface area contributed by atoms with Gasteiger partial charge in [-0.3, -0.25) is 9.59 Å². The minimum Gasteiger partial charge on any atom is -0.481 e. The number of amides is 1. The number of carboxylic acids is 1. The van der Waals surface area contributed by atoms with Gasteiger partial charge in [-0.05, 0) is 38.2 Å². The molecule has 0 radical (unpaired) electrons. The van der Waals surface area contributed by atoms with Crippen LogP contribution in [-0.4, -0.2) is 28.7 Å². The highest BCUT2D eigenvalue weighted by Gasteiger charge is 2.25. The molecule has 0 aliphatic heterocycles. The lowest BCUT2D eigenvalue weighted by Crippen LogP contribution is -2.34. The Kier molecular flexibility index (Phi) is 5.71. The fourth-order valence-corrected chi connectivity index (χ4v) is 3.41. The van der Waals surface area contributed by atoms with E-state index in [4.69, 9.17) is 4.52 Å². The van der Waals surface area contributed by atoms with Gasteiger partial charge in [-0.2, -0.15) is 0 Å². The highest BCUT2D eigenvalue weighted by molar-refractivity contribution is 5.94. The van der Waals surface area contributed by atoms with Crippen molar-refractivity contribution < 1.29 is 19.2 Å². The molecule has 1 unspecified atom stereocenters. The molecular formula is C20H24N2O4. The van der Waals surface area contributed by atoms with Gasteiger partial charge in [0, 0.05) is 18.5 Å². The number of hydrogen-bond donors (Lipinski definition) is 2. The van der Waals surface area contributed by atoms with Crippen LogP contribution in [0.15, 0.2) is 28.8 Å². The summed E-state index contributed by atoms with van der Waals surface area (Å²) in [5.41, 5.74) is 3.22. The van der Waals surface area contributed by atoms with Crippen molar-refractivity contribution in [3.8, 4) is 0 Å². The Hall–Kier alpha value is -2.63. The number of carbonyl (C=O) groups excluding carboxylic acids is 1. The van der Waals surface area contributed by atoms with Crippen LogP contribution in [0.2, 0.25) is 0 Å². The van der Waals surface area contributed by atoms with Gasteiger partial charge in [-0.15, -0.1) is 0 Å². The number of rotatable bonds is 6. The largest absolute Gasteiger partial charge is 0.481 e. The Balaban J connectivity index is 1.65. The van der Waals surface area contributed by atoms with Crippen LogP contribution < -0.4 is 5.32 Å². The van der Waals surface area contributed by atoms with Crippen LogP contribution in [0.4, 0.5) is 0 Å². The Bertz CT molecular complexity index is 797. The van der Waals surface area contributed by atoms with Gasteiger partial charge in [0.05, 0.1) is 5.92 Å². The van der Waals surface area contributed by atoms with E-state index < -0.39 is 11.9 Å². The molecule has 3 rings (SSSR count). The third-order valence-electron chi connectivity index (χ3n) is 4.84. The van der Waals surface area contributed by atoms with E-state index in [0.717, 1.165) is 54.6 Å². The highest BCUT2D eigenvalue weighted by atomic mass is 16.5. The molecule has 1 amide bonds. The summed E-state index contributed by atoms with van der Waals surface area (Å²) in [6, 6.07) is 7.75. The standard InChI is InChI=1S/C20H24N2O4/c1-13-6-5-7-14(10-13)11-15(20(24)25)12-21-19(23)18-16-8-3-2-4-9-17(16)26-22-18/h5-7,10,15H,2-4,8-9,11-12H2,1H3,(H,21,23)(H,24,25). The Morgan fingerprint density at radius 3 is 2.85 bits per heavy atom. The molecule has 0 spiro atoms. The van der Waals surface area contributed by atoms with Crippen molar-refractivity contribution in [2.45, 2.75) is 45.4 Å². The van der Waals surface area contributed by atoms with Crippen LogP contribution in [-0.2, 0) is 24.1 Å². The quantitative estimate of drug-likeness (QED) is 0.777. The lowest BCUT2D eigenvalue weighted by molar-refractivity contribution is -0.141. The predicted octanol–water partition coefficient (Wildman–Crippen LogP) is 2.93. The molecule has 2 N–H and O–H groups in total. The van der Waals surface area contributed by atoms with Crippen LogP contribution in [0, 0.1) is 12.8 Å². The van der Waals surface area contributed by atoms with Gasteiger partial charge in [0.1, 0.15) is 5.76 Å². The van der Waals surface area contributed by atoms with E-state index in [0.29, 0.717) is 12.1 Å². The molecule has 1 aliphatic carbocycles. The number of carboxylic acid groups (broad SMARTS) is 1. The first-order valence-electron chi connectivity index (χ1n) is 9.08. The van der Waals surface area contributed by atoms with Gasteiger partial charge in [0.2, 0.25) is 0 Å². The molecule has 1 aliphatic rings. The molecule has 0 saturated carbocycles. The molecule has 138 valence electrons. The van der Waals surface area contributed by atoms with Crippen molar-refractivity contribution in [3.63, 3.8) is 0 Å². The summed E-state index contributed by atoms with van der Waals surface area (Å²) in [4.78, 5) is 24.1. The molecule has 0 bridgehead atoms. The molecule has 1 heterocycles. The number of hydrogen-bond acceptors (Lipinski definition) is 4. The summed E-state index contributed by atoms with van der Waals surface area (Å²) >= 11 is 0. The molecular weight excluding hydrogens is 332 g/mol. The zero-order valence-corrected chi connectivity index (χ0v) is 15.0. The number of aryl methyl sites for hydroxylation is 2. The van der Waals surface area contributed by atoms with Gasteiger partial charge in [0.25, 0.3) is 5.91 Å². The molecule has 0 saturated heterocycles. The zero-order chi connectivity index (χ0) is 18.5. The molecule has 2 aromatic rings. The number of carbonyl (C=O) groups is 2. The summed E-state index contributed by atoms with van der Waals surface area (Å²) < 4.78 is 5.32. The van der Waals surface area contributed by atoms with Gasteiger partial charge in [-0.25, -0.2) is 0 Å². The van der Waals surface area contributed by atoms with Crippen LogP contribution >= 0.6 is 0 Å². The molecule has 6 nitrogen and oxygen atoms in total. The van der Waals surface area contributed by atoms with Crippen molar-refractivity contribution in [3.05, 3.63) is 52.4 Å². The van der Waals surface area contributed by atoms with Crippen LogP contribution in [0.1, 0.15) is 52.2 Å². The zero-order valence-electron chi connectivity index (χ0n) is 15.0. The van der Waals surface area contributed by atoms with E-state index in [-0.39, 0.29) is 12.5 Å². The summed E-state index contributed by atoms with van der Waals surface area (Å²) in [6.07, 6.45) is 5.13. The third kappa shape index (κ3) is 4.31. The summed E-state index contributed by atoms with van der Waals surface area (Å²) in [5.74, 6) is -1.17. The summed E-state index contributed by atoms with van der Waals surface area (Å²) in [6.45, 7) is 2.03. The number of aliphatic carboxylic acids is 1. The van der Waals surface area contributed by atoms with E-state index >= 15 is 0 Å². The normalized spacial score (nSPS) is 15.0. The van der Waals surface area contributed by atoms with Crippen LogP contribution in [0.5, 0.6) is 0 Å². The number of aromatic nitrogens is 1. The first kappa shape index (κ1) is 18.2. The number of nitrogens with zero attached hydrogens (tertiary/aromatic N) is 1. The molecule has 6 heteroatoms. The first-order valence-corrected chi connectivity index (χ1v) is 9.08. The SMILES string of the molecule is Cc1cccc(CC(CNC(=O)c2noc3c2CCCCC3)C(=O)O)c1. The Labute approximate surface area is 152 Å². The second-order valence-corrected chi connectivity index (χ2v) is 6.93. The Morgan fingerprint density at radius 2 is 2.08 bits per heavy atom. The summed E-state index contributed by atoms with van der Waals surface area (Å²) in [5, 5.41) is 16.1. The maximum Gasteiger partial charge on any atom is 0.308 e. The first-order chi connectivity index (χ1) is 12.5. The van der Waals surface area contributed by atoms with Crippen LogP contribution in [0.3, 0.4) is 0 Å². The van der Waals surface area contributed by atoms with E-state index in [1.54, 1.807) is 0 Å².